The van der Waals surface area contributed by atoms with E-state index < -0.39 is 34.5 Å². The number of hydrogen-bond acceptors (Lipinski definition) is 6. The summed E-state index contributed by atoms with van der Waals surface area (Å²) in [7, 11) is -2.54. The first-order valence-corrected chi connectivity index (χ1v) is 10.9. The maximum absolute atomic E-state index is 12.3. The summed E-state index contributed by atoms with van der Waals surface area (Å²) in [6, 6.07) is 7.11. The number of ether oxygens (including phenoxy) is 2. The maximum Gasteiger partial charge on any atom is 0.324 e. The smallest absolute Gasteiger partial charge is 0.324 e. The van der Waals surface area contributed by atoms with Gasteiger partial charge >= 0.3 is 5.97 Å². The fourth-order valence-electron chi connectivity index (χ4n) is 2.20. The Hall–Kier alpha value is -2.04. The van der Waals surface area contributed by atoms with Crippen molar-refractivity contribution in [3.63, 3.8) is 0 Å². The molecule has 2 rings (SSSR count). The van der Waals surface area contributed by atoms with Crippen LogP contribution in [-0.2, 0) is 24.3 Å². The normalized spacial score (nSPS) is 12.2. The van der Waals surface area contributed by atoms with Crippen molar-refractivity contribution in [1.29, 1.82) is 0 Å². The van der Waals surface area contributed by atoms with Gasteiger partial charge in [0.2, 0.25) is 10.0 Å². The third-order valence-electron chi connectivity index (χ3n) is 3.67. The van der Waals surface area contributed by atoms with Crippen molar-refractivity contribution in [1.82, 2.24) is 4.72 Å². The fourth-order valence-corrected chi connectivity index (χ4v) is 4.31. The number of esters is 1. The van der Waals surface area contributed by atoms with Crippen LogP contribution in [0.3, 0.4) is 0 Å². The van der Waals surface area contributed by atoms with E-state index >= 15 is 0 Å². The lowest BCUT2D eigenvalue weighted by Gasteiger charge is -2.14. The number of hydrogen-bond donors (Lipinski definition) is 2. The van der Waals surface area contributed by atoms with E-state index in [-0.39, 0.29) is 25.7 Å². The molecule has 12 heteroatoms. The highest BCUT2D eigenvalue weighted by Gasteiger charge is 2.24. The summed E-state index contributed by atoms with van der Waals surface area (Å²) in [6.07, 6.45) is 0. The Kier molecular flexibility index (Phi) is 8.34. The molecule has 0 spiro atoms. The molecule has 0 saturated carbocycles. The standard InChI is InChI=1S/C18H17Cl3N2O6S/c1-10(23-30(26,27)13-5-3-12(28-2)4-6-13)18(25)29-9-16(24)22-17-14(20)7-11(19)8-15(17)21/h3-8,10,23H,9H2,1-2H3,(H,22,24)/t10-/m0/s1. The number of rotatable bonds is 8. The van der Waals surface area contributed by atoms with Crippen molar-refractivity contribution in [2.24, 2.45) is 0 Å². The van der Waals surface area contributed by atoms with Crippen LogP contribution in [0.5, 0.6) is 5.75 Å². The Labute approximate surface area is 188 Å². The Balaban J connectivity index is 1.93. The van der Waals surface area contributed by atoms with Crippen molar-refractivity contribution in [2.45, 2.75) is 17.9 Å². The minimum atomic E-state index is -3.99. The highest BCUT2D eigenvalue weighted by atomic mass is 35.5. The minimum Gasteiger partial charge on any atom is -0.497 e. The van der Waals surface area contributed by atoms with Crippen molar-refractivity contribution in [2.75, 3.05) is 19.0 Å². The van der Waals surface area contributed by atoms with Crippen LogP contribution in [-0.4, -0.2) is 40.1 Å². The minimum absolute atomic E-state index is 0.0623. The summed E-state index contributed by atoms with van der Waals surface area (Å²) in [4.78, 5) is 24.0. The Bertz CT molecular complexity index is 1020. The molecule has 0 radical (unpaired) electrons. The highest BCUT2D eigenvalue weighted by Crippen LogP contribution is 2.33. The van der Waals surface area contributed by atoms with E-state index in [1.807, 2.05) is 0 Å². The molecule has 0 aromatic heterocycles. The van der Waals surface area contributed by atoms with Gasteiger partial charge in [0.25, 0.3) is 5.91 Å². The molecule has 0 aliphatic carbocycles. The number of methoxy groups -OCH3 is 1. The first kappa shape index (κ1) is 24.2. The third-order valence-corrected chi connectivity index (χ3v) is 6.04. The molecule has 30 heavy (non-hydrogen) atoms. The van der Waals surface area contributed by atoms with E-state index in [0.29, 0.717) is 5.75 Å². The van der Waals surface area contributed by atoms with Crippen LogP contribution < -0.4 is 14.8 Å². The van der Waals surface area contributed by atoms with Gasteiger partial charge in [0.1, 0.15) is 11.8 Å². The number of sulfonamides is 1. The molecule has 0 aliphatic rings. The number of carbonyl (C=O) groups excluding carboxylic acids is 2. The van der Waals surface area contributed by atoms with Gasteiger partial charge in [-0.15, -0.1) is 0 Å². The zero-order valence-electron chi connectivity index (χ0n) is 15.7. The predicted molar refractivity (Wildman–Crippen MR) is 114 cm³/mol. The van der Waals surface area contributed by atoms with Crippen molar-refractivity contribution in [3.05, 3.63) is 51.5 Å². The van der Waals surface area contributed by atoms with Gasteiger partial charge in [-0.25, -0.2) is 8.42 Å². The lowest BCUT2D eigenvalue weighted by atomic mass is 10.3. The van der Waals surface area contributed by atoms with Crippen LogP contribution in [0.15, 0.2) is 41.3 Å². The molecule has 2 aromatic carbocycles. The van der Waals surface area contributed by atoms with E-state index in [4.69, 9.17) is 44.3 Å². The quantitative estimate of drug-likeness (QED) is 0.542. The molecule has 2 N–H and O–H groups in total. The molecule has 0 aliphatic heterocycles. The first-order valence-electron chi connectivity index (χ1n) is 8.31. The van der Waals surface area contributed by atoms with Gasteiger partial charge in [-0.05, 0) is 43.3 Å². The molecule has 0 saturated heterocycles. The van der Waals surface area contributed by atoms with Crippen LogP contribution >= 0.6 is 34.8 Å². The van der Waals surface area contributed by atoms with Crippen LogP contribution in [0.1, 0.15) is 6.92 Å². The van der Waals surface area contributed by atoms with Gasteiger partial charge in [0, 0.05) is 5.02 Å². The molecule has 1 atom stereocenters. The lowest BCUT2D eigenvalue weighted by Crippen LogP contribution is -2.40. The van der Waals surface area contributed by atoms with E-state index in [0.717, 1.165) is 0 Å². The number of carbonyl (C=O) groups is 2. The molecule has 8 nitrogen and oxygen atoms in total. The van der Waals surface area contributed by atoms with Gasteiger partial charge in [-0.1, -0.05) is 34.8 Å². The zero-order valence-corrected chi connectivity index (χ0v) is 18.8. The average molecular weight is 496 g/mol. The van der Waals surface area contributed by atoms with E-state index in [9.17, 15) is 18.0 Å². The summed E-state index contributed by atoms with van der Waals surface area (Å²) in [5.74, 6) is -1.19. The zero-order chi connectivity index (χ0) is 22.5. The van der Waals surface area contributed by atoms with Gasteiger partial charge in [-0.3, -0.25) is 9.59 Å². The molecule has 0 bridgehead atoms. The second-order valence-electron chi connectivity index (χ2n) is 5.92. The summed E-state index contributed by atoms with van der Waals surface area (Å²) in [5.41, 5.74) is 0.108. The van der Waals surface area contributed by atoms with Gasteiger partial charge in [-0.2, -0.15) is 4.72 Å². The Morgan fingerprint density at radius 3 is 2.17 bits per heavy atom. The van der Waals surface area contributed by atoms with Gasteiger partial charge in [0.05, 0.1) is 27.7 Å². The van der Waals surface area contributed by atoms with E-state index in [1.165, 1.54) is 50.4 Å². The summed E-state index contributed by atoms with van der Waals surface area (Å²) in [5, 5.41) is 2.89. The monoisotopic (exact) mass is 494 g/mol. The summed E-state index contributed by atoms with van der Waals surface area (Å²) >= 11 is 17.7. The summed E-state index contributed by atoms with van der Waals surface area (Å²) in [6.45, 7) is 0.608. The average Bonchev–Trinajstić information content (AvgIpc) is 2.68. The lowest BCUT2D eigenvalue weighted by molar-refractivity contribution is -0.148. The number of halogens is 3. The van der Waals surface area contributed by atoms with Gasteiger partial charge in [0.15, 0.2) is 6.61 Å². The van der Waals surface area contributed by atoms with Gasteiger partial charge < -0.3 is 14.8 Å². The number of benzene rings is 2. The van der Waals surface area contributed by atoms with Crippen molar-refractivity contribution < 1.29 is 27.5 Å². The maximum atomic E-state index is 12.3. The molecular weight excluding hydrogens is 479 g/mol. The topological polar surface area (TPSA) is 111 Å². The largest absolute Gasteiger partial charge is 0.497 e. The second-order valence-corrected chi connectivity index (χ2v) is 8.88. The molecule has 0 unspecified atom stereocenters. The SMILES string of the molecule is COc1ccc(S(=O)(=O)N[C@@H](C)C(=O)OCC(=O)Nc2c(Cl)cc(Cl)cc2Cl)cc1. The fraction of sp³-hybridized carbons (Fsp3) is 0.222. The number of anilines is 1. The first-order chi connectivity index (χ1) is 14.0. The third kappa shape index (κ3) is 6.48. The Morgan fingerprint density at radius 2 is 1.63 bits per heavy atom. The van der Waals surface area contributed by atoms with E-state index in [2.05, 4.69) is 10.0 Å². The van der Waals surface area contributed by atoms with E-state index in [1.54, 1.807) is 0 Å². The van der Waals surface area contributed by atoms with Crippen molar-refractivity contribution in [3.8, 4) is 5.75 Å². The molecule has 2 aromatic rings. The van der Waals surface area contributed by atoms with Crippen LogP contribution in [0.25, 0.3) is 0 Å². The van der Waals surface area contributed by atoms with Crippen LogP contribution in [0.2, 0.25) is 15.1 Å². The van der Waals surface area contributed by atoms with Crippen LogP contribution in [0.4, 0.5) is 5.69 Å². The summed E-state index contributed by atoms with van der Waals surface area (Å²) < 4.78 is 36.7. The predicted octanol–water partition coefficient (Wildman–Crippen LogP) is 3.50. The molecular formula is C18H17Cl3N2O6S. The number of amides is 1. The second kappa shape index (κ2) is 10.3. The Morgan fingerprint density at radius 1 is 1.07 bits per heavy atom. The molecule has 1 amide bonds. The highest BCUT2D eigenvalue weighted by molar-refractivity contribution is 7.89. The number of nitrogens with one attached hydrogen (secondary N) is 2. The van der Waals surface area contributed by atoms with Crippen molar-refractivity contribution >= 4 is 62.4 Å². The molecule has 0 heterocycles. The molecule has 0 fully saturated rings. The van der Waals surface area contributed by atoms with Crippen LogP contribution in [0, 0.1) is 0 Å². The molecule has 162 valence electrons.